The molecule has 0 aromatic heterocycles. The molecule has 2 rings (SSSR count). The Balaban J connectivity index is 2.00. The van der Waals surface area contributed by atoms with Crippen molar-refractivity contribution in [3.05, 3.63) is 58.1 Å². The SMILES string of the molecule is CCCCOc1ccc(C(=O)Nc2ccc(C(=O)NC(C)(C)C)cc2)cc1Br. The van der Waals surface area contributed by atoms with E-state index in [1.54, 1.807) is 42.5 Å². The minimum atomic E-state index is -0.302. The van der Waals surface area contributed by atoms with Gasteiger partial charge in [0.15, 0.2) is 0 Å². The summed E-state index contributed by atoms with van der Waals surface area (Å²) in [4.78, 5) is 24.7. The molecule has 0 saturated carbocycles. The zero-order valence-electron chi connectivity index (χ0n) is 16.8. The van der Waals surface area contributed by atoms with E-state index in [-0.39, 0.29) is 17.4 Å². The van der Waals surface area contributed by atoms with E-state index in [0.717, 1.165) is 23.1 Å². The highest BCUT2D eigenvalue weighted by Gasteiger charge is 2.15. The second-order valence-electron chi connectivity index (χ2n) is 7.58. The number of carbonyl (C=O) groups excluding carboxylic acids is 2. The molecule has 0 aliphatic carbocycles. The maximum Gasteiger partial charge on any atom is 0.255 e. The molecule has 0 saturated heterocycles. The molecule has 5 nitrogen and oxygen atoms in total. The van der Waals surface area contributed by atoms with Crippen LogP contribution in [0.4, 0.5) is 5.69 Å². The normalized spacial score (nSPS) is 11.0. The quantitative estimate of drug-likeness (QED) is 0.558. The van der Waals surface area contributed by atoms with E-state index in [1.165, 1.54) is 0 Å². The number of carbonyl (C=O) groups is 2. The summed E-state index contributed by atoms with van der Waals surface area (Å²) in [6.45, 7) is 8.54. The summed E-state index contributed by atoms with van der Waals surface area (Å²) >= 11 is 3.45. The van der Waals surface area contributed by atoms with Gasteiger partial charge in [0.1, 0.15) is 5.75 Å². The van der Waals surface area contributed by atoms with Crippen molar-refractivity contribution in [1.29, 1.82) is 0 Å². The molecule has 2 aromatic carbocycles. The Hall–Kier alpha value is -2.34. The summed E-state index contributed by atoms with van der Waals surface area (Å²) in [6, 6.07) is 12.1. The third-order valence-electron chi connectivity index (χ3n) is 3.84. The van der Waals surface area contributed by atoms with Crippen LogP contribution in [0.2, 0.25) is 0 Å². The lowest BCUT2D eigenvalue weighted by molar-refractivity contribution is 0.0919. The minimum Gasteiger partial charge on any atom is -0.492 e. The zero-order chi connectivity index (χ0) is 20.7. The number of nitrogens with one attached hydrogen (secondary N) is 2. The number of rotatable bonds is 7. The highest BCUT2D eigenvalue weighted by molar-refractivity contribution is 9.10. The van der Waals surface area contributed by atoms with Gasteiger partial charge in [-0.05, 0) is 85.6 Å². The Bertz CT molecular complexity index is 827. The highest BCUT2D eigenvalue weighted by Crippen LogP contribution is 2.26. The molecule has 2 N–H and O–H groups in total. The first kappa shape index (κ1) is 22.0. The summed E-state index contributed by atoms with van der Waals surface area (Å²) in [5.74, 6) is 0.347. The van der Waals surface area contributed by atoms with Crippen molar-refractivity contribution < 1.29 is 14.3 Å². The molecule has 28 heavy (non-hydrogen) atoms. The molecule has 0 aliphatic heterocycles. The summed E-state index contributed by atoms with van der Waals surface area (Å²) in [6.07, 6.45) is 2.05. The van der Waals surface area contributed by atoms with E-state index in [4.69, 9.17) is 4.74 Å². The summed E-state index contributed by atoms with van der Waals surface area (Å²) in [5, 5.41) is 5.75. The maximum absolute atomic E-state index is 12.5. The van der Waals surface area contributed by atoms with Gasteiger partial charge in [0.05, 0.1) is 11.1 Å². The average Bonchev–Trinajstić information content (AvgIpc) is 2.62. The predicted octanol–water partition coefficient (Wildman–Crippen LogP) is 5.41. The number of ether oxygens (including phenoxy) is 1. The van der Waals surface area contributed by atoms with Gasteiger partial charge in [-0.3, -0.25) is 9.59 Å². The first-order valence-corrected chi connectivity index (χ1v) is 10.1. The van der Waals surface area contributed by atoms with Crippen LogP contribution >= 0.6 is 15.9 Å². The second-order valence-corrected chi connectivity index (χ2v) is 8.44. The number of anilines is 1. The lowest BCUT2D eigenvalue weighted by Crippen LogP contribution is -2.40. The van der Waals surface area contributed by atoms with Crippen LogP contribution in [0.15, 0.2) is 46.9 Å². The first-order chi connectivity index (χ1) is 13.2. The van der Waals surface area contributed by atoms with Gasteiger partial charge in [-0.1, -0.05) is 13.3 Å². The number of amides is 2. The molecule has 0 fully saturated rings. The van der Waals surface area contributed by atoms with E-state index in [1.807, 2.05) is 20.8 Å². The van der Waals surface area contributed by atoms with Crippen LogP contribution in [-0.4, -0.2) is 24.0 Å². The number of hydrogen-bond donors (Lipinski definition) is 2. The fourth-order valence-electron chi connectivity index (χ4n) is 2.41. The van der Waals surface area contributed by atoms with Crippen molar-refractivity contribution in [2.75, 3.05) is 11.9 Å². The van der Waals surface area contributed by atoms with E-state index < -0.39 is 0 Å². The zero-order valence-corrected chi connectivity index (χ0v) is 18.4. The molecule has 0 bridgehead atoms. The first-order valence-electron chi connectivity index (χ1n) is 9.36. The Kier molecular flexibility index (Phi) is 7.63. The Labute approximate surface area is 175 Å². The summed E-state index contributed by atoms with van der Waals surface area (Å²) in [7, 11) is 0. The molecule has 6 heteroatoms. The number of hydrogen-bond acceptors (Lipinski definition) is 3. The van der Waals surface area contributed by atoms with Crippen LogP contribution in [-0.2, 0) is 0 Å². The van der Waals surface area contributed by atoms with Crippen LogP contribution in [0.3, 0.4) is 0 Å². The number of benzene rings is 2. The molecule has 0 atom stereocenters. The van der Waals surface area contributed by atoms with Crippen LogP contribution in [0.25, 0.3) is 0 Å². The molecule has 0 radical (unpaired) electrons. The van der Waals surface area contributed by atoms with Gasteiger partial charge in [0.2, 0.25) is 0 Å². The molecule has 2 amide bonds. The molecular formula is C22H27BrN2O3. The van der Waals surface area contributed by atoms with Crippen LogP contribution in [0.1, 0.15) is 61.3 Å². The van der Waals surface area contributed by atoms with Gasteiger partial charge in [-0.15, -0.1) is 0 Å². The Morgan fingerprint density at radius 3 is 2.21 bits per heavy atom. The van der Waals surface area contributed by atoms with Crippen LogP contribution in [0.5, 0.6) is 5.75 Å². The molecule has 0 heterocycles. The van der Waals surface area contributed by atoms with Gasteiger partial charge in [-0.25, -0.2) is 0 Å². The van der Waals surface area contributed by atoms with E-state index in [9.17, 15) is 9.59 Å². The second kappa shape index (κ2) is 9.73. The molecule has 0 unspecified atom stereocenters. The van der Waals surface area contributed by atoms with Crippen molar-refractivity contribution in [3.8, 4) is 5.75 Å². The van der Waals surface area contributed by atoms with Crippen molar-refractivity contribution in [2.24, 2.45) is 0 Å². The van der Waals surface area contributed by atoms with Crippen molar-refractivity contribution in [3.63, 3.8) is 0 Å². The third kappa shape index (κ3) is 6.68. The number of halogens is 1. The molecule has 0 spiro atoms. The van der Waals surface area contributed by atoms with Crippen LogP contribution in [0, 0.1) is 0 Å². The highest BCUT2D eigenvalue weighted by atomic mass is 79.9. The van der Waals surface area contributed by atoms with Crippen molar-refractivity contribution >= 4 is 33.4 Å². The van der Waals surface area contributed by atoms with Crippen molar-refractivity contribution in [1.82, 2.24) is 5.32 Å². The van der Waals surface area contributed by atoms with E-state index >= 15 is 0 Å². The summed E-state index contributed by atoms with van der Waals surface area (Å²) in [5.41, 5.74) is 1.38. The van der Waals surface area contributed by atoms with E-state index in [2.05, 4.69) is 33.5 Å². The van der Waals surface area contributed by atoms with Gasteiger partial charge >= 0.3 is 0 Å². The van der Waals surface area contributed by atoms with Crippen molar-refractivity contribution in [2.45, 2.75) is 46.1 Å². The molecule has 0 aliphatic rings. The number of unbranched alkanes of at least 4 members (excludes halogenated alkanes) is 1. The largest absolute Gasteiger partial charge is 0.492 e. The van der Waals surface area contributed by atoms with E-state index in [0.29, 0.717) is 23.4 Å². The lowest BCUT2D eigenvalue weighted by Gasteiger charge is -2.20. The molecule has 2 aromatic rings. The lowest BCUT2D eigenvalue weighted by atomic mass is 10.1. The Morgan fingerprint density at radius 1 is 1.00 bits per heavy atom. The summed E-state index contributed by atoms with van der Waals surface area (Å²) < 4.78 is 6.42. The maximum atomic E-state index is 12.5. The minimum absolute atomic E-state index is 0.145. The van der Waals surface area contributed by atoms with Gasteiger partial charge in [-0.2, -0.15) is 0 Å². The molecule has 150 valence electrons. The fraction of sp³-hybridized carbons (Fsp3) is 0.364. The standard InChI is InChI=1S/C22H27BrN2O3/c1-5-6-13-28-19-12-9-16(14-18(19)23)20(26)24-17-10-7-15(8-11-17)21(27)25-22(2,3)4/h7-12,14H,5-6,13H2,1-4H3,(H,24,26)(H,25,27). The molecular weight excluding hydrogens is 420 g/mol. The van der Waals surface area contributed by atoms with Gasteiger partial charge < -0.3 is 15.4 Å². The third-order valence-corrected chi connectivity index (χ3v) is 4.46. The van der Waals surface area contributed by atoms with Gasteiger partial charge in [0.25, 0.3) is 11.8 Å². The van der Waals surface area contributed by atoms with Crippen LogP contribution < -0.4 is 15.4 Å². The monoisotopic (exact) mass is 446 g/mol. The smallest absolute Gasteiger partial charge is 0.255 e. The van der Waals surface area contributed by atoms with Gasteiger partial charge in [0, 0.05) is 22.4 Å². The topological polar surface area (TPSA) is 67.4 Å². The fourth-order valence-corrected chi connectivity index (χ4v) is 2.90. The Morgan fingerprint density at radius 2 is 1.64 bits per heavy atom. The predicted molar refractivity (Wildman–Crippen MR) is 116 cm³/mol. The average molecular weight is 447 g/mol.